The Hall–Kier alpha value is 0.190. The van der Waals surface area contributed by atoms with Crippen LogP contribution in [0, 0.1) is 12.0 Å². The van der Waals surface area contributed by atoms with Crippen LogP contribution in [0.15, 0.2) is 0 Å². The predicted molar refractivity (Wildman–Crippen MR) is 82.8 cm³/mol. The molecule has 0 radical (unpaired) electrons. The normalized spacial score (nSPS) is 12.9. The van der Waals surface area contributed by atoms with E-state index in [1.54, 1.807) is 0 Å². The molecular formula is C13H24Cl3NO. The number of halogens is 3. The van der Waals surface area contributed by atoms with Gasteiger partial charge in [-0.3, -0.25) is 0 Å². The van der Waals surface area contributed by atoms with E-state index in [4.69, 9.17) is 23.2 Å². The lowest BCUT2D eigenvalue weighted by molar-refractivity contribution is 0.0538. The van der Waals surface area contributed by atoms with Crippen LogP contribution in [-0.4, -0.2) is 40.5 Å². The van der Waals surface area contributed by atoms with Crippen LogP contribution in [0.5, 0.6) is 0 Å². The summed E-state index contributed by atoms with van der Waals surface area (Å²) in [4.78, 5) is 1.90. The van der Waals surface area contributed by atoms with Crippen molar-refractivity contribution >= 4 is 35.6 Å². The first-order chi connectivity index (χ1) is 8.05. The maximum Gasteiger partial charge on any atom is 0.0729 e. The topological polar surface area (TPSA) is 23.5 Å². The molecule has 0 heterocycles. The van der Waals surface area contributed by atoms with Crippen LogP contribution >= 0.6 is 35.6 Å². The van der Waals surface area contributed by atoms with Crippen molar-refractivity contribution in [1.82, 2.24) is 4.90 Å². The lowest BCUT2D eigenvalue weighted by atomic mass is 9.96. The molecule has 0 fully saturated rings. The molecule has 18 heavy (non-hydrogen) atoms. The fourth-order valence-electron chi connectivity index (χ4n) is 1.42. The lowest BCUT2D eigenvalue weighted by Gasteiger charge is -2.20. The van der Waals surface area contributed by atoms with E-state index in [0.29, 0.717) is 31.3 Å². The fourth-order valence-corrected chi connectivity index (χ4v) is 1.82. The number of hydrogen-bond donors (Lipinski definition) is 1. The van der Waals surface area contributed by atoms with Crippen molar-refractivity contribution in [3.05, 3.63) is 0 Å². The van der Waals surface area contributed by atoms with Gasteiger partial charge in [-0.15, -0.1) is 35.6 Å². The highest BCUT2D eigenvalue weighted by atomic mass is 35.5. The van der Waals surface area contributed by atoms with Crippen molar-refractivity contribution in [2.75, 3.05) is 24.8 Å². The second kappa shape index (κ2) is 12.2. The summed E-state index contributed by atoms with van der Waals surface area (Å²) in [6.45, 7) is 5.37. The first-order valence-electron chi connectivity index (χ1n) is 6.13. The van der Waals surface area contributed by atoms with Gasteiger partial charge in [-0.25, -0.2) is 0 Å². The van der Waals surface area contributed by atoms with Crippen LogP contribution < -0.4 is 0 Å². The minimum atomic E-state index is -0.684. The molecule has 0 saturated heterocycles. The van der Waals surface area contributed by atoms with Gasteiger partial charge in [0.15, 0.2) is 0 Å². The summed E-state index contributed by atoms with van der Waals surface area (Å²) in [5.74, 6) is 4.09. The molecule has 0 aliphatic rings. The minimum Gasteiger partial charge on any atom is -0.389 e. The predicted octanol–water partition coefficient (Wildman–Crippen LogP) is 3.48. The van der Waals surface area contributed by atoms with Gasteiger partial charge in [0, 0.05) is 37.3 Å². The maximum atomic E-state index is 10.0. The Morgan fingerprint density at radius 1 is 1.22 bits per heavy atom. The van der Waals surface area contributed by atoms with E-state index in [9.17, 15) is 5.11 Å². The van der Waals surface area contributed by atoms with E-state index >= 15 is 0 Å². The number of alkyl halides is 2. The molecule has 0 aromatic heterocycles. The maximum absolute atomic E-state index is 10.0. The van der Waals surface area contributed by atoms with Crippen LogP contribution in [0.4, 0.5) is 0 Å². The lowest BCUT2D eigenvalue weighted by Crippen LogP contribution is -2.25. The zero-order chi connectivity index (χ0) is 13.1. The molecule has 0 saturated carbocycles. The van der Waals surface area contributed by atoms with E-state index in [1.165, 1.54) is 0 Å². The molecule has 2 nitrogen and oxygen atoms in total. The summed E-state index contributed by atoms with van der Waals surface area (Å²) in [6, 6.07) is 3.01. The van der Waals surface area contributed by atoms with Crippen LogP contribution in [0.3, 0.4) is 0 Å². The van der Waals surface area contributed by atoms with Gasteiger partial charge in [0.1, 0.15) is 0 Å². The minimum absolute atomic E-state index is 0. The SMILES string of the molecule is CCCCC(C)(O)CC#CN(CCCl)CCCl.Cl. The average Bonchev–Trinajstić information content (AvgIpc) is 2.27. The number of nitrogens with zero attached hydrogens (tertiary/aromatic N) is 1. The molecular weight excluding hydrogens is 293 g/mol. The standard InChI is InChI=1S/C13H23Cl2NO.ClH/c1-3-4-6-13(2,17)7-5-10-16(11-8-14)12-9-15;/h17H,3-4,6-9,11-12H2,1-2H3;1H. The Labute approximate surface area is 127 Å². The molecule has 0 amide bonds. The summed E-state index contributed by atoms with van der Waals surface area (Å²) in [5, 5.41) is 10.0. The molecule has 1 atom stereocenters. The second-order valence-electron chi connectivity index (χ2n) is 4.43. The van der Waals surface area contributed by atoms with E-state index in [0.717, 1.165) is 19.3 Å². The number of hydrogen-bond acceptors (Lipinski definition) is 2. The third kappa shape index (κ3) is 11.3. The molecule has 108 valence electrons. The summed E-state index contributed by atoms with van der Waals surface area (Å²) in [5.41, 5.74) is -0.684. The zero-order valence-electron chi connectivity index (χ0n) is 11.2. The van der Waals surface area contributed by atoms with Crippen molar-refractivity contribution in [1.29, 1.82) is 0 Å². The first kappa shape index (κ1) is 20.5. The van der Waals surface area contributed by atoms with Gasteiger partial charge in [-0.1, -0.05) is 25.7 Å². The summed E-state index contributed by atoms with van der Waals surface area (Å²) in [7, 11) is 0. The molecule has 0 bridgehead atoms. The number of aliphatic hydroxyl groups is 1. The molecule has 0 aliphatic carbocycles. The Morgan fingerprint density at radius 2 is 1.78 bits per heavy atom. The van der Waals surface area contributed by atoms with Crippen molar-refractivity contribution in [2.45, 2.75) is 45.1 Å². The molecule has 0 aromatic rings. The average molecular weight is 317 g/mol. The van der Waals surface area contributed by atoms with Crippen molar-refractivity contribution in [3.8, 4) is 12.0 Å². The number of rotatable bonds is 8. The quantitative estimate of drug-likeness (QED) is 0.421. The summed E-state index contributed by atoms with van der Waals surface area (Å²) < 4.78 is 0. The van der Waals surface area contributed by atoms with Crippen molar-refractivity contribution < 1.29 is 5.11 Å². The summed E-state index contributed by atoms with van der Waals surface area (Å²) in [6.07, 6.45) is 3.41. The van der Waals surface area contributed by atoms with Gasteiger partial charge < -0.3 is 10.0 Å². The molecule has 5 heteroatoms. The molecule has 0 spiro atoms. The Kier molecular flexibility index (Phi) is 13.9. The van der Waals surface area contributed by atoms with Gasteiger partial charge in [0.25, 0.3) is 0 Å². The zero-order valence-corrected chi connectivity index (χ0v) is 13.5. The van der Waals surface area contributed by atoms with Crippen molar-refractivity contribution in [2.24, 2.45) is 0 Å². The highest BCUT2D eigenvalue weighted by Crippen LogP contribution is 2.16. The van der Waals surface area contributed by atoms with Gasteiger partial charge in [-0.2, -0.15) is 0 Å². The largest absolute Gasteiger partial charge is 0.389 e. The third-order valence-electron chi connectivity index (χ3n) is 2.48. The highest BCUT2D eigenvalue weighted by molar-refractivity contribution is 6.18. The molecule has 1 unspecified atom stereocenters. The molecule has 1 N–H and O–H groups in total. The molecule has 0 aliphatic heterocycles. The second-order valence-corrected chi connectivity index (χ2v) is 5.19. The van der Waals surface area contributed by atoms with E-state index in [-0.39, 0.29) is 12.4 Å². The van der Waals surface area contributed by atoms with E-state index in [2.05, 4.69) is 18.9 Å². The van der Waals surface area contributed by atoms with Crippen LogP contribution in [0.1, 0.15) is 39.5 Å². The van der Waals surface area contributed by atoms with Gasteiger partial charge in [0.05, 0.1) is 5.60 Å². The fraction of sp³-hybridized carbons (Fsp3) is 0.846. The van der Waals surface area contributed by atoms with Crippen LogP contribution in [0.2, 0.25) is 0 Å². The van der Waals surface area contributed by atoms with E-state index in [1.807, 2.05) is 11.8 Å². The molecule has 0 rings (SSSR count). The molecule has 0 aromatic carbocycles. The number of unbranched alkanes of at least 4 members (excludes halogenated alkanes) is 1. The van der Waals surface area contributed by atoms with Gasteiger partial charge in [0.2, 0.25) is 0 Å². The summed E-state index contributed by atoms with van der Waals surface area (Å²) >= 11 is 11.3. The van der Waals surface area contributed by atoms with Gasteiger partial charge in [-0.05, 0) is 13.3 Å². The van der Waals surface area contributed by atoms with Crippen LogP contribution in [0.25, 0.3) is 0 Å². The smallest absolute Gasteiger partial charge is 0.0729 e. The highest BCUT2D eigenvalue weighted by Gasteiger charge is 2.17. The van der Waals surface area contributed by atoms with Gasteiger partial charge >= 0.3 is 0 Å². The monoisotopic (exact) mass is 315 g/mol. The Bertz CT molecular complexity index is 242. The third-order valence-corrected chi connectivity index (χ3v) is 2.82. The first-order valence-corrected chi connectivity index (χ1v) is 7.20. The van der Waals surface area contributed by atoms with Crippen LogP contribution in [-0.2, 0) is 0 Å². The Balaban J connectivity index is 0. The Morgan fingerprint density at radius 3 is 2.22 bits per heavy atom. The van der Waals surface area contributed by atoms with E-state index < -0.39 is 5.60 Å². The van der Waals surface area contributed by atoms with Crippen molar-refractivity contribution in [3.63, 3.8) is 0 Å².